The summed E-state index contributed by atoms with van der Waals surface area (Å²) in [6.07, 6.45) is 0. The second-order valence-electron chi connectivity index (χ2n) is 4.45. The SMILES string of the molecule is CCNC(=O)c1sc(N(C)CCN(C)C)cc1N. The van der Waals surface area contributed by atoms with Crippen molar-refractivity contribution in [1.82, 2.24) is 10.2 Å². The number of amides is 1. The normalized spacial score (nSPS) is 10.7. The van der Waals surface area contributed by atoms with Crippen LogP contribution in [0.3, 0.4) is 0 Å². The lowest BCUT2D eigenvalue weighted by molar-refractivity contribution is 0.0960. The number of thiophene rings is 1. The first-order chi connectivity index (χ1) is 8.45. The van der Waals surface area contributed by atoms with E-state index in [1.807, 2.05) is 34.1 Å². The van der Waals surface area contributed by atoms with Crippen LogP contribution in [0.5, 0.6) is 0 Å². The van der Waals surface area contributed by atoms with Gasteiger partial charge in [0.2, 0.25) is 0 Å². The molecular weight excluding hydrogens is 248 g/mol. The average molecular weight is 270 g/mol. The van der Waals surface area contributed by atoms with E-state index in [1.165, 1.54) is 11.3 Å². The van der Waals surface area contributed by atoms with Gasteiger partial charge in [-0.3, -0.25) is 4.79 Å². The van der Waals surface area contributed by atoms with Gasteiger partial charge < -0.3 is 20.9 Å². The summed E-state index contributed by atoms with van der Waals surface area (Å²) in [5, 5.41) is 3.79. The van der Waals surface area contributed by atoms with Gasteiger partial charge in [0, 0.05) is 26.7 Å². The van der Waals surface area contributed by atoms with Crippen LogP contribution in [-0.2, 0) is 0 Å². The number of nitrogens with one attached hydrogen (secondary N) is 1. The van der Waals surface area contributed by atoms with Crippen LogP contribution in [0.2, 0.25) is 0 Å². The summed E-state index contributed by atoms with van der Waals surface area (Å²) < 4.78 is 0. The predicted molar refractivity (Wildman–Crippen MR) is 78.6 cm³/mol. The number of hydrogen-bond acceptors (Lipinski definition) is 5. The molecule has 0 unspecified atom stereocenters. The fourth-order valence-electron chi connectivity index (χ4n) is 1.46. The minimum Gasteiger partial charge on any atom is -0.397 e. The van der Waals surface area contributed by atoms with Crippen molar-refractivity contribution in [3.05, 3.63) is 10.9 Å². The maximum absolute atomic E-state index is 11.8. The third kappa shape index (κ3) is 3.89. The summed E-state index contributed by atoms with van der Waals surface area (Å²) in [7, 11) is 6.09. The van der Waals surface area contributed by atoms with Gasteiger partial charge in [0.25, 0.3) is 5.91 Å². The molecule has 0 radical (unpaired) electrons. The van der Waals surface area contributed by atoms with E-state index in [0.717, 1.165) is 18.1 Å². The van der Waals surface area contributed by atoms with Crippen LogP contribution in [0.25, 0.3) is 0 Å². The predicted octanol–water partition coefficient (Wildman–Crippen LogP) is 1.08. The van der Waals surface area contributed by atoms with Crippen molar-refractivity contribution in [2.45, 2.75) is 6.92 Å². The van der Waals surface area contributed by atoms with Crippen molar-refractivity contribution in [2.24, 2.45) is 0 Å². The molecular formula is C12H22N4OS. The summed E-state index contributed by atoms with van der Waals surface area (Å²) in [5.74, 6) is -0.0905. The third-order valence-corrected chi connectivity index (χ3v) is 3.81. The standard InChI is InChI=1S/C12H22N4OS/c1-5-14-12(17)11-9(13)8-10(18-11)16(4)7-6-15(2)3/h8H,5-7,13H2,1-4H3,(H,14,17). The van der Waals surface area contributed by atoms with Crippen molar-refractivity contribution < 1.29 is 4.79 Å². The first-order valence-electron chi connectivity index (χ1n) is 5.99. The maximum atomic E-state index is 11.8. The lowest BCUT2D eigenvalue weighted by atomic mass is 10.3. The van der Waals surface area contributed by atoms with Gasteiger partial charge in [-0.1, -0.05) is 0 Å². The maximum Gasteiger partial charge on any atom is 0.263 e. The Morgan fingerprint density at radius 2 is 2.06 bits per heavy atom. The van der Waals surface area contributed by atoms with Crippen LogP contribution in [0.15, 0.2) is 6.07 Å². The lowest BCUT2D eigenvalue weighted by Crippen LogP contribution is -2.27. The summed E-state index contributed by atoms with van der Waals surface area (Å²) in [6.45, 7) is 4.38. The van der Waals surface area contributed by atoms with Gasteiger partial charge in [0.15, 0.2) is 0 Å². The van der Waals surface area contributed by atoms with E-state index in [4.69, 9.17) is 5.73 Å². The Morgan fingerprint density at radius 1 is 1.39 bits per heavy atom. The average Bonchev–Trinajstić information content (AvgIpc) is 2.68. The van der Waals surface area contributed by atoms with E-state index in [2.05, 4.69) is 15.1 Å². The highest BCUT2D eigenvalue weighted by molar-refractivity contribution is 7.18. The number of nitrogens with two attached hydrogens (primary N) is 1. The van der Waals surface area contributed by atoms with Crippen molar-refractivity contribution in [1.29, 1.82) is 0 Å². The van der Waals surface area contributed by atoms with Gasteiger partial charge in [0.05, 0.1) is 10.7 Å². The van der Waals surface area contributed by atoms with Crippen LogP contribution >= 0.6 is 11.3 Å². The van der Waals surface area contributed by atoms with Gasteiger partial charge in [-0.25, -0.2) is 0 Å². The zero-order chi connectivity index (χ0) is 13.7. The fourth-order valence-corrected chi connectivity index (χ4v) is 2.44. The van der Waals surface area contributed by atoms with E-state index < -0.39 is 0 Å². The number of hydrogen-bond donors (Lipinski definition) is 2. The van der Waals surface area contributed by atoms with Crippen LogP contribution in [-0.4, -0.2) is 51.6 Å². The molecule has 1 aromatic heterocycles. The number of likely N-dealkylation sites (N-methyl/N-ethyl adjacent to an activating group) is 2. The molecule has 0 aromatic carbocycles. The molecule has 0 saturated heterocycles. The molecule has 18 heavy (non-hydrogen) atoms. The van der Waals surface area contributed by atoms with Crippen molar-refractivity contribution >= 4 is 27.9 Å². The quantitative estimate of drug-likeness (QED) is 0.812. The number of carbonyl (C=O) groups is 1. The summed E-state index contributed by atoms with van der Waals surface area (Å²) in [4.78, 5) is 16.6. The Bertz CT molecular complexity index is 403. The summed E-state index contributed by atoms with van der Waals surface area (Å²) >= 11 is 1.44. The number of nitrogens with zero attached hydrogens (tertiary/aromatic N) is 2. The van der Waals surface area contributed by atoms with Crippen LogP contribution in [0.4, 0.5) is 10.7 Å². The van der Waals surface area contributed by atoms with E-state index in [1.54, 1.807) is 0 Å². The first-order valence-corrected chi connectivity index (χ1v) is 6.80. The Hall–Kier alpha value is -1.27. The molecule has 1 heterocycles. The van der Waals surface area contributed by atoms with Gasteiger partial charge in [0.1, 0.15) is 4.88 Å². The number of nitrogen functional groups attached to an aromatic ring is 1. The zero-order valence-electron chi connectivity index (χ0n) is 11.5. The molecule has 0 bridgehead atoms. The largest absolute Gasteiger partial charge is 0.397 e. The molecule has 0 aliphatic heterocycles. The number of rotatable bonds is 6. The minimum atomic E-state index is -0.0905. The Labute approximate surface area is 113 Å². The van der Waals surface area contributed by atoms with Crippen LogP contribution in [0, 0.1) is 0 Å². The molecule has 0 aliphatic carbocycles. The molecule has 0 spiro atoms. The van der Waals surface area contributed by atoms with Gasteiger partial charge in [-0.05, 0) is 27.1 Å². The Kier molecular flexibility index (Phi) is 5.43. The Balaban J connectivity index is 2.73. The molecule has 0 aliphatic rings. The summed E-state index contributed by atoms with van der Waals surface area (Å²) in [5.41, 5.74) is 6.43. The van der Waals surface area contributed by atoms with E-state index >= 15 is 0 Å². The molecule has 0 atom stereocenters. The van der Waals surface area contributed by atoms with Gasteiger partial charge >= 0.3 is 0 Å². The smallest absolute Gasteiger partial charge is 0.263 e. The zero-order valence-corrected chi connectivity index (χ0v) is 12.3. The fraction of sp³-hybridized carbons (Fsp3) is 0.583. The highest BCUT2D eigenvalue weighted by atomic mass is 32.1. The molecule has 1 aromatic rings. The third-order valence-electron chi connectivity index (χ3n) is 2.55. The van der Waals surface area contributed by atoms with Crippen molar-refractivity contribution in [3.63, 3.8) is 0 Å². The second kappa shape index (κ2) is 6.61. The van der Waals surface area contributed by atoms with E-state index in [9.17, 15) is 4.79 Å². The number of anilines is 2. The first kappa shape index (κ1) is 14.8. The molecule has 3 N–H and O–H groups in total. The Morgan fingerprint density at radius 3 is 2.61 bits per heavy atom. The van der Waals surface area contributed by atoms with Gasteiger partial charge in [-0.2, -0.15) is 0 Å². The highest BCUT2D eigenvalue weighted by Crippen LogP contribution is 2.31. The topological polar surface area (TPSA) is 61.6 Å². The molecule has 5 nitrogen and oxygen atoms in total. The highest BCUT2D eigenvalue weighted by Gasteiger charge is 2.15. The van der Waals surface area contributed by atoms with Crippen molar-refractivity contribution in [2.75, 3.05) is 51.4 Å². The molecule has 0 saturated carbocycles. The van der Waals surface area contributed by atoms with Crippen LogP contribution in [0.1, 0.15) is 16.6 Å². The van der Waals surface area contributed by atoms with Gasteiger partial charge in [-0.15, -0.1) is 11.3 Å². The monoisotopic (exact) mass is 270 g/mol. The molecule has 1 rings (SSSR count). The molecule has 1 amide bonds. The molecule has 0 fully saturated rings. The lowest BCUT2D eigenvalue weighted by Gasteiger charge is -2.19. The molecule has 102 valence electrons. The minimum absolute atomic E-state index is 0.0905. The second-order valence-corrected chi connectivity index (χ2v) is 5.48. The van der Waals surface area contributed by atoms with E-state index in [0.29, 0.717) is 17.1 Å². The summed E-state index contributed by atoms with van der Waals surface area (Å²) in [6, 6.07) is 1.87. The molecule has 6 heteroatoms. The van der Waals surface area contributed by atoms with Crippen molar-refractivity contribution in [3.8, 4) is 0 Å². The van der Waals surface area contributed by atoms with Crippen LogP contribution < -0.4 is 16.0 Å². The number of carbonyl (C=O) groups excluding carboxylic acids is 1. The van der Waals surface area contributed by atoms with E-state index in [-0.39, 0.29) is 5.91 Å².